The predicted molar refractivity (Wildman–Crippen MR) is 163 cm³/mol. The summed E-state index contributed by atoms with van der Waals surface area (Å²) in [6.07, 6.45) is 0.879. The highest BCUT2D eigenvalue weighted by molar-refractivity contribution is 9.10. The highest BCUT2D eigenvalue weighted by Gasteiger charge is 2.42. The molecular formula is C31H36BrNO7S. The van der Waals surface area contributed by atoms with E-state index in [0.717, 1.165) is 22.6 Å². The monoisotopic (exact) mass is 645 g/mol. The summed E-state index contributed by atoms with van der Waals surface area (Å²) in [5.41, 5.74) is 4.16. The van der Waals surface area contributed by atoms with Gasteiger partial charge in [0.25, 0.3) is 0 Å². The Bertz CT molecular complexity index is 1390. The molecule has 0 spiro atoms. The summed E-state index contributed by atoms with van der Waals surface area (Å²) in [4.78, 5) is 27.6. The van der Waals surface area contributed by atoms with Crippen LogP contribution in [0.4, 0.5) is 0 Å². The Morgan fingerprint density at radius 3 is 2.34 bits per heavy atom. The number of rotatable bonds is 11. The van der Waals surface area contributed by atoms with Crippen LogP contribution in [0.5, 0.6) is 23.0 Å². The van der Waals surface area contributed by atoms with Crippen LogP contribution < -0.4 is 24.3 Å². The lowest BCUT2D eigenvalue weighted by atomic mass is 9.71. The molecule has 2 aromatic carbocycles. The van der Waals surface area contributed by atoms with Gasteiger partial charge in [-0.1, -0.05) is 13.0 Å². The molecule has 1 N–H and O–H groups in total. The second kappa shape index (κ2) is 13.7. The van der Waals surface area contributed by atoms with Crippen LogP contribution in [0.2, 0.25) is 0 Å². The second-order valence-electron chi connectivity index (χ2n) is 9.70. The van der Waals surface area contributed by atoms with Gasteiger partial charge < -0.3 is 29.0 Å². The summed E-state index contributed by atoms with van der Waals surface area (Å²) in [5.74, 6) is 2.74. The van der Waals surface area contributed by atoms with E-state index in [1.54, 1.807) is 40.2 Å². The molecule has 0 fully saturated rings. The molecule has 0 aromatic heterocycles. The van der Waals surface area contributed by atoms with Gasteiger partial charge in [-0.25, -0.2) is 4.79 Å². The molecule has 8 nitrogen and oxygen atoms in total. The number of esters is 1. The van der Waals surface area contributed by atoms with E-state index in [0.29, 0.717) is 56.5 Å². The van der Waals surface area contributed by atoms with E-state index in [-0.39, 0.29) is 24.7 Å². The Labute approximate surface area is 253 Å². The van der Waals surface area contributed by atoms with E-state index in [1.165, 1.54) is 0 Å². The molecule has 0 bridgehead atoms. The lowest BCUT2D eigenvalue weighted by molar-refractivity contribution is -0.138. The molecule has 2 aliphatic rings. The molecule has 0 radical (unpaired) electrons. The van der Waals surface area contributed by atoms with Crippen molar-refractivity contribution in [1.82, 2.24) is 5.32 Å². The zero-order valence-corrected chi connectivity index (χ0v) is 26.6. The number of hydrogen-bond donors (Lipinski definition) is 1. The molecule has 0 amide bonds. The third-order valence-corrected chi connectivity index (χ3v) is 8.83. The number of halogens is 1. The van der Waals surface area contributed by atoms with Crippen LogP contribution in [-0.2, 0) is 14.3 Å². The Hall–Kier alpha value is -3.11. The second-order valence-corrected chi connectivity index (χ2v) is 12.0. The van der Waals surface area contributed by atoms with Crippen molar-refractivity contribution < 1.29 is 33.3 Å². The summed E-state index contributed by atoms with van der Waals surface area (Å²) in [5, 5.41) is 3.41. The number of dihydropyridines is 1. The van der Waals surface area contributed by atoms with Crippen molar-refractivity contribution in [2.24, 2.45) is 0 Å². The number of ether oxygens (including phenoxy) is 5. The first kappa shape index (κ1) is 30.8. The first-order valence-electron chi connectivity index (χ1n) is 13.4. The van der Waals surface area contributed by atoms with E-state index in [4.69, 9.17) is 23.7 Å². The van der Waals surface area contributed by atoms with Gasteiger partial charge in [0.05, 0.1) is 38.5 Å². The van der Waals surface area contributed by atoms with Crippen molar-refractivity contribution in [3.8, 4) is 23.0 Å². The fraction of sp³-hybridized carbons (Fsp3) is 0.419. The SMILES string of the molecule is CCSCCOC(=O)C1=C(C)NC2=C(C(=O)CC(c3ccc(OC)c(OC)c3)C2)C1c1cc(Br)c(OC)c(OC)c1. The maximum Gasteiger partial charge on any atom is 0.336 e. The van der Waals surface area contributed by atoms with Gasteiger partial charge in [-0.2, -0.15) is 11.8 Å². The largest absolute Gasteiger partial charge is 0.493 e. The number of carbonyl (C=O) groups is 2. The fourth-order valence-corrected chi connectivity index (χ4v) is 6.62. The first-order chi connectivity index (χ1) is 19.8. The number of benzene rings is 2. The molecule has 0 saturated heterocycles. The van der Waals surface area contributed by atoms with Gasteiger partial charge in [0.2, 0.25) is 0 Å². The smallest absolute Gasteiger partial charge is 0.336 e. The summed E-state index contributed by atoms with van der Waals surface area (Å²) >= 11 is 5.29. The number of ketones is 1. The van der Waals surface area contributed by atoms with Crippen molar-refractivity contribution in [3.63, 3.8) is 0 Å². The van der Waals surface area contributed by atoms with Gasteiger partial charge in [0.1, 0.15) is 6.61 Å². The van der Waals surface area contributed by atoms with E-state index in [9.17, 15) is 9.59 Å². The van der Waals surface area contributed by atoms with E-state index >= 15 is 0 Å². The molecule has 41 heavy (non-hydrogen) atoms. The van der Waals surface area contributed by atoms with Crippen molar-refractivity contribution >= 4 is 39.4 Å². The highest BCUT2D eigenvalue weighted by Crippen LogP contribution is 2.49. The molecule has 1 aliphatic heterocycles. The van der Waals surface area contributed by atoms with Gasteiger partial charge in [0.15, 0.2) is 28.8 Å². The van der Waals surface area contributed by atoms with Crippen LogP contribution in [0, 0.1) is 0 Å². The van der Waals surface area contributed by atoms with Crippen molar-refractivity contribution in [1.29, 1.82) is 0 Å². The maximum atomic E-state index is 14.0. The average molecular weight is 647 g/mol. The first-order valence-corrected chi connectivity index (χ1v) is 15.3. The van der Waals surface area contributed by atoms with E-state index < -0.39 is 11.9 Å². The minimum absolute atomic E-state index is 0.0335. The van der Waals surface area contributed by atoms with Gasteiger partial charge in [-0.05, 0) is 76.3 Å². The number of allylic oxidation sites excluding steroid dienone is 3. The van der Waals surface area contributed by atoms with Crippen molar-refractivity contribution in [2.75, 3.05) is 46.6 Å². The lowest BCUT2D eigenvalue weighted by Gasteiger charge is -2.37. The summed E-state index contributed by atoms with van der Waals surface area (Å²) in [6, 6.07) is 9.45. The highest BCUT2D eigenvalue weighted by atomic mass is 79.9. The summed E-state index contributed by atoms with van der Waals surface area (Å²) in [7, 11) is 6.31. The number of carbonyl (C=O) groups excluding carboxylic acids is 2. The Morgan fingerprint density at radius 2 is 1.68 bits per heavy atom. The molecule has 220 valence electrons. The summed E-state index contributed by atoms with van der Waals surface area (Å²) < 4.78 is 28.4. The lowest BCUT2D eigenvalue weighted by Crippen LogP contribution is -2.36. The summed E-state index contributed by atoms with van der Waals surface area (Å²) in [6.45, 7) is 4.21. The van der Waals surface area contributed by atoms with Crippen molar-refractivity contribution in [3.05, 3.63) is 68.5 Å². The van der Waals surface area contributed by atoms with E-state index in [2.05, 4.69) is 28.2 Å². The molecule has 2 aromatic rings. The Kier molecular flexibility index (Phi) is 10.3. The normalized spacial score (nSPS) is 18.5. The number of Topliss-reactive ketones (excluding diaryl/α,β-unsaturated/α-hetero) is 1. The molecular weight excluding hydrogens is 610 g/mol. The van der Waals surface area contributed by atoms with Gasteiger partial charge in [-0.3, -0.25) is 4.79 Å². The molecule has 4 rings (SSSR count). The van der Waals surface area contributed by atoms with Crippen molar-refractivity contribution in [2.45, 2.75) is 38.5 Å². The molecule has 0 saturated carbocycles. The maximum absolute atomic E-state index is 14.0. The third kappa shape index (κ3) is 6.38. The van der Waals surface area contributed by atoms with Crippen LogP contribution in [0.3, 0.4) is 0 Å². The average Bonchev–Trinajstić information content (AvgIpc) is 2.97. The Balaban J connectivity index is 1.79. The van der Waals surface area contributed by atoms with Gasteiger partial charge >= 0.3 is 5.97 Å². The zero-order valence-electron chi connectivity index (χ0n) is 24.2. The van der Waals surface area contributed by atoms with Gasteiger partial charge in [0, 0.05) is 35.1 Å². The van der Waals surface area contributed by atoms with Crippen LogP contribution >= 0.6 is 27.7 Å². The van der Waals surface area contributed by atoms with Crippen LogP contribution in [-0.4, -0.2) is 58.3 Å². The number of methoxy groups -OCH3 is 4. The topological polar surface area (TPSA) is 92.3 Å². The molecule has 1 aliphatic carbocycles. The minimum atomic E-state index is -0.632. The number of thioether (sulfide) groups is 1. The molecule has 1 heterocycles. The van der Waals surface area contributed by atoms with Crippen LogP contribution in [0.25, 0.3) is 0 Å². The Morgan fingerprint density at radius 1 is 0.976 bits per heavy atom. The third-order valence-electron chi connectivity index (χ3n) is 7.38. The number of hydrogen-bond acceptors (Lipinski definition) is 9. The predicted octanol–water partition coefficient (Wildman–Crippen LogP) is 6.14. The molecule has 2 unspecified atom stereocenters. The molecule has 2 atom stereocenters. The quantitative estimate of drug-likeness (QED) is 0.228. The number of nitrogens with one attached hydrogen (secondary N) is 1. The fourth-order valence-electron chi connectivity index (χ4n) is 5.51. The van der Waals surface area contributed by atoms with Crippen LogP contribution in [0.1, 0.15) is 49.7 Å². The molecule has 10 heteroatoms. The van der Waals surface area contributed by atoms with Gasteiger partial charge in [-0.15, -0.1) is 0 Å². The van der Waals surface area contributed by atoms with E-state index in [1.807, 2.05) is 37.3 Å². The minimum Gasteiger partial charge on any atom is -0.493 e. The standard InChI is InChI=1S/C31H36BrNO7S/c1-7-41-11-10-40-31(35)27-17(2)33-22-13-19(18-8-9-24(36-3)25(15-18)37-4)14-23(34)29(22)28(27)20-12-21(32)30(39-6)26(16-20)38-5/h8-9,12,15-16,19,28,33H,7,10-11,13-14H2,1-6H3. The zero-order chi connectivity index (χ0) is 29.7. The van der Waals surface area contributed by atoms with Crippen LogP contribution in [0.15, 0.2) is 57.3 Å².